The summed E-state index contributed by atoms with van der Waals surface area (Å²) in [6.07, 6.45) is -15.7. The Labute approximate surface area is 362 Å². The van der Waals surface area contributed by atoms with E-state index in [-0.39, 0.29) is 22.9 Å². The molecule has 0 aromatic carbocycles. The summed E-state index contributed by atoms with van der Waals surface area (Å²) in [5, 5.41) is 107. The molecule has 5 heterocycles. The van der Waals surface area contributed by atoms with Crippen LogP contribution in [0.4, 0.5) is 0 Å². The highest BCUT2D eigenvalue weighted by Crippen LogP contribution is 2.71. The summed E-state index contributed by atoms with van der Waals surface area (Å²) in [4.78, 5) is 0. The predicted molar refractivity (Wildman–Crippen MR) is 211 cm³/mol. The second kappa shape index (κ2) is 17.4. The van der Waals surface area contributed by atoms with Crippen molar-refractivity contribution in [3.05, 3.63) is 0 Å². The zero-order valence-electron chi connectivity index (χ0n) is 36.3. The highest BCUT2D eigenvalue weighted by molar-refractivity contribution is 5.16. The number of fused-ring (bicyclic) bond motifs is 7. The van der Waals surface area contributed by atoms with Crippen molar-refractivity contribution < 1.29 is 89.0 Å². The summed E-state index contributed by atoms with van der Waals surface area (Å²) in [5.74, 6) is 2.65. The Morgan fingerprint density at radius 3 is 2.02 bits per heavy atom. The van der Waals surface area contributed by atoms with Gasteiger partial charge in [-0.2, -0.15) is 0 Å². The Balaban J connectivity index is 0.846. The zero-order chi connectivity index (χ0) is 44.2. The van der Waals surface area contributed by atoms with E-state index in [4.69, 9.17) is 37.9 Å². The van der Waals surface area contributed by atoms with Gasteiger partial charge in [0.1, 0.15) is 67.1 Å². The van der Waals surface area contributed by atoms with Crippen LogP contribution in [-0.2, 0) is 37.9 Å². The van der Waals surface area contributed by atoms with Crippen LogP contribution in [0.3, 0.4) is 0 Å². The van der Waals surface area contributed by atoms with Gasteiger partial charge in [0.05, 0.1) is 44.7 Å². The Hall–Kier alpha value is -0.720. The molecule has 5 saturated heterocycles. The van der Waals surface area contributed by atoms with E-state index >= 15 is 0 Å². The Morgan fingerprint density at radius 1 is 0.613 bits per heavy atom. The van der Waals surface area contributed by atoms with Gasteiger partial charge in [0.25, 0.3) is 0 Å². The van der Waals surface area contributed by atoms with E-state index in [9.17, 15) is 51.1 Å². The van der Waals surface area contributed by atoms with Crippen LogP contribution < -0.4 is 0 Å². The first-order valence-electron chi connectivity index (χ1n) is 23.3. The quantitative estimate of drug-likeness (QED) is 0.129. The van der Waals surface area contributed by atoms with Crippen molar-refractivity contribution in [3.63, 3.8) is 0 Å². The van der Waals surface area contributed by atoms with Crippen LogP contribution in [0.2, 0.25) is 0 Å². The number of rotatable bonds is 8. The van der Waals surface area contributed by atoms with E-state index in [1.807, 2.05) is 0 Å². The molecule has 10 N–H and O–H groups in total. The monoisotopic (exact) mass is 888 g/mol. The number of aliphatic hydroxyl groups is 10. The molecule has 4 saturated carbocycles. The maximum absolute atomic E-state index is 11.8. The van der Waals surface area contributed by atoms with Crippen molar-refractivity contribution in [2.45, 2.75) is 196 Å². The molecule has 1 spiro atoms. The molecule has 62 heavy (non-hydrogen) atoms. The normalized spacial score (nSPS) is 58.9. The van der Waals surface area contributed by atoms with Crippen molar-refractivity contribution in [1.82, 2.24) is 0 Å². The second-order valence-electron chi connectivity index (χ2n) is 21.2. The number of hydrogen-bond acceptors (Lipinski definition) is 18. The lowest BCUT2D eigenvalue weighted by Crippen LogP contribution is -2.66. The van der Waals surface area contributed by atoms with Gasteiger partial charge >= 0.3 is 0 Å². The smallest absolute Gasteiger partial charge is 0.187 e. The molecule has 0 bridgehead atoms. The number of hydrogen-bond donors (Lipinski definition) is 10. The highest BCUT2D eigenvalue weighted by atomic mass is 16.8. The molecule has 18 nitrogen and oxygen atoms in total. The topological polar surface area (TPSA) is 276 Å². The molecule has 0 aromatic rings. The van der Waals surface area contributed by atoms with Gasteiger partial charge in [-0.3, -0.25) is 0 Å². The summed E-state index contributed by atoms with van der Waals surface area (Å²) < 4.78 is 48.6. The minimum Gasteiger partial charge on any atom is -0.394 e. The van der Waals surface area contributed by atoms with E-state index in [0.717, 1.165) is 51.6 Å². The standard InChI is InChI=1S/C44H72O18/c1-18-7-10-44(56-16-18)19(2)30-27(62-44)12-23-21-6-5-20-11-26(24(47)13-43(20,4)22(21)8-9-42(23,30)3)57-40-36(54)34(52)37(29(15-46)59-40)60-41-38(33(51)32(50)28(14-45)58-41)61-39-35(53)31(49)25(48)17-55-39/h18-41,45-54H,5-17H2,1-4H3/t18?,19-,20-,21+,22-,23-,24+,25+,26+,27-,28+,29+,30-,31-,32+,33-,34+,35+,36+,37-,38+,39-,40+,41-,42-,43-,44+/m0/s1. The van der Waals surface area contributed by atoms with E-state index in [2.05, 4.69) is 27.7 Å². The van der Waals surface area contributed by atoms with E-state index < -0.39 is 124 Å². The predicted octanol–water partition coefficient (Wildman–Crippen LogP) is -1.12. The fourth-order valence-corrected chi connectivity index (χ4v) is 14.4. The van der Waals surface area contributed by atoms with Crippen LogP contribution in [-0.4, -0.2) is 188 Å². The number of aliphatic hydroxyl groups excluding tert-OH is 10. The first kappa shape index (κ1) is 46.4. The van der Waals surface area contributed by atoms with Gasteiger partial charge in [0.15, 0.2) is 24.7 Å². The lowest BCUT2D eigenvalue weighted by atomic mass is 9.44. The largest absolute Gasteiger partial charge is 0.394 e. The fraction of sp³-hybridized carbons (Fsp3) is 1.00. The lowest BCUT2D eigenvalue weighted by Gasteiger charge is -2.62. The SMILES string of the molecule is CC1CC[C@@]2(OC1)O[C@H]1C[C@H]3[C@@H]4CC[C@H]5C[C@@H](O[C@@H]6O[C@H](CO)[C@H](O[C@@H]7O[C@H](CO)[C@@H](O)[C@H](O)[C@H]7O[C@@H]7OC[C@@H](O)[C@H](O)[C@H]7O)[C@H](O)[C@H]6O)[C@H](O)C[C@]5(C)[C@H]4CC[C@]3(C)[C@H]1[C@@H]2C. The second-order valence-corrected chi connectivity index (χ2v) is 21.2. The van der Waals surface area contributed by atoms with Gasteiger partial charge in [0.2, 0.25) is 0 Å². The summed E-state index contributed by atoms with van der Waals surface area (Å²) >= 11 is 0. The number of ether oxygens (including phenoxy) is 8. The van der Waals surface area contributed by atoms with E-state index in [0.29, 0.717) is 48.3 Å². The van der Waals surface area contributed by atoms with Crippen molar-refractivity contribution in [3.8, 4) is 0 Å². The maximum atomic E-state index is 11.8. The summed E-state index contributed by atoms with van der Waals surface area (Å²) in [6, 6.07) is 0. The zero-order valence-corrected chi connectivity index (χ0v) is 36.3. The van der Waals surface area contributed by atoms with Crippen LogP contribution in [0.15, 0.2) is 0 Å². The Morgan fingerprint density at radius 2 is 1.31 bits per heavy atom. The fourth-order valence-electron chi connectivity index (χ4n) is 14.4. The van der Waals surface area contributed by atoms with Crippen molar-refractivity contribution >= 4 is 0 Å². The molecule has 0 amide bonds. The van der Waals surface area contributed by atoms with Crippen LogP contribution in [0, 0.1) is 52.3 Å². The van der Waals surface area contributed by atoms with Crippen LogP contribution in [0.5, 0.6) is 0 Å². The van der Waals surface area contributed by atoms with Crippen molar-refractivity contribution in [2.24, 2.45) is 52.3 Å². The van der Waals surface area contributed by atoms with E-state index in [1.165, 1.54) is 0 Å². The van der Waals surface area contributed by atoms with Gasteiger partial charge in [-0.05, 0) is 97.7 Å². The first-order valence-corrected chi connectivity index (χ1v) is 23.3. The van der Waals surface area contributed by atoms with E-state index in [1.54, 1.807) is 0 Å². The van der Waals surface area contributed by atoms with Gasteiger partial charge in [-0.1, -0.05) is 27.7 Å². The molecule has 0 aromatic heterocycles. The third-order valence-corrected chi connectivity index (χ3v) is 17.9. The summed E-state index contributed by atoms with van der Waals surface area (Å²) in [7, 11) is 0. The molecular formula is C44H72O18. The maximum Gasteiger partial charge on any atom is 0.187 e. The van der Waals surface area contributed by atoms with Gasteiger partial charge in [-0.25, -0.2) is 0 Å². The third-order valence-electron chi connectivity index (χ3n) is 17.9. The average molecular weight is 889 g/mol. The van der Waals surface area contributed by atoms with Crippen LogP contribution in [0.25, 0.3) is 0 Å². The molecule has 4 aliphatic carbocycles. The van der Waals surface area contributed by atoms with Gasteiger partial charge in [-0.15, -0.1) is 0 Å². The molecule has 1 unspecified atom stereocenters. The molecule has 9 rings (SSSR count). The minimum absolute atomic E-state index is 0.130. The van der Waals surface area contributed by atoms with Gasteiger partial charge in [0, 0.05) is 12.3 Å². The Bertz CT molecular complexity index is 1550. The first-order chi connectivity index (χ1) is 29.4. The molecule has 356 valence electrons. The molecule has 5 aliphatic heterocycles. The summed E-state index contributed by atoms with van der Waals surface area (Å²) in [5.41, 5.74) is 0.0395. The molecule has 18 heteroatoms. The van der Waals surface area contributed by atoms with Crippen LogP contribution >= 0.6 is 0 Å². The molecule has 9 fully saturated rings. The molecular weight excluding hydrogens is 816 g/mol. The summed E-state index contributed by atoms with van der Waals surface area (Å²) in [6.45, 7) is 8.29. The van der Waals surface area contributed by atoms with Gasteiger partial charge < -0.3 is 89.0 Å². The lowest BCUT2D eigenvalue weighted by molar-refractivity contribution is -0.386. The minimum atomic E-state index is -1.82. The van der Waals surface area contributed by atoms with Crippen molar-refractivity contribution in [1.29, 1.82) is 0 Å². The molecule has 0 radical (unpaired) electrons. The average Bonchev–Trinajstić information content (AvgIpc) is 3.69. The Kier molecular flexibility index (Phi) is 13.0. The highest BCUT2D eigenvalue weighted by Gasteiger charge is 2.69. The van der Waals surface area contributed by atoms with Crippen LogP contribution in [0.1, 0.15) is 85.5 Å². The molecule has 9 aliphatic rings. The van der Waals surface area contributed by atoms with Crippen molar-refractivity contribution in [2.75, 3.05) is 26.4 Å². The molecule has 27 atom stereocenters. The third kappa shape index (κ3) is 7.55.